The van der Waals surface area contributed by atoms with Crippen LogP contribution < -0.4 is 0 Å². The van der Waals surface area contributed by atoms with Crippen molar-refractivity contribution in [3.8, 4) is 0 Å². The third kappa shape index (κ3) is 5.57. The van der Waals surface area contributed by atoms with Crippen molar-refractivity contribution >= 4 is 39.1 Å². The molecule has 0 bridgehead atoms. The van der Waals surface area contributed by atoms with Gasteiger partial charge in [-0.2, -0.15) is 0 Å². The number of ether oxygens (including phenoxy) is 3. The third-order valence-electron chi connectivity index (χ3n) is 2.80. The zero-order valence-electron chi connectivity index (χ0n) is 11.0. The van der Waals surface area contributed by atoms with Gasteiger partial charge in [0, 0.05) is 25.1 Å². The van der Waals surface area contributed by atoms with Gasteiger partial charge in [0.05, 0.1) is 25.6 Å². The molecule has 10 heteroatoms. The van der Waals surface area contributed by atoms with E-state index in [4.69, 9.17) is 18.7 Å². The Morgan fingerprint density at radius 2 is 2.35 bits per heavy atom. The minimum Gasteiger partial charge on any atom is -0.459 e. The second-order valence-corrected chi connectivity index (χ2v) is 5.59. The minimum absolute atomic E-state index is 0.0625. The highest BCUT2D eigenvalue weighted by Gasteiger charge is 2.46. The van der Waals surface area contributed by atoms with Gasteiger partial charge < -0.3 is 28.1 Å². The number of fused-ring (bicyclic) bond motifs is 1. The Hall–Kier alpha value is 0.270. The highest BCUT2D eigenvalue weighted by atomic mass is 32.0. The molecule has 0 aromatic heterocycles. The number of aldehydes is 1. The van der Waals surface area contributed by atoms with Gasteiger partial charge in [-0.25, -0.2) is 0 Å². The number of hydrogen-bond acceptors (Lipinski definition) is 7. The van der Waals surface area contributed by atoms with Gasteiger partial charge in [-0.05, 0) is 0 Å². The lowest BCUT2D eigenvalue weighted by Gasteiger charge is -2.11. The maximum Gasteiger partial charge on any atom is 0.306 e. The van der Waals surface area contributed by atoms with Crippen LogP contribution in [0, 0.1) is 5.92 Å². The molecule has 7 atom stereocenters. The minimum atomic E-state index is -0.418. The van der Waals surface area contributed by atoms with E-state index < -0.39 is 6.10 Å². The number of carbonyl (C=O) groups is 2. The molecule has 7 nitrogen and oxygen atoms in total. The molecule has 0 spiro atoms. The molecule has 0 radical (unpaired) electrons. The van der Waals surface area contributed by atoms with E-state index in [1.54, 1.807) is 7.11 Å². The van der Waals surface area contributed by atoms with Crippen LogP contribution in [0.5, 0.6) is 0 Å². The molecule has 2 rings (SSSR count). The van der Waals surface area contributed by atoms with Crippen LogP contribution >= 0.6 is 26.9 Å². The van der Waals surface area contributed by atoms with Gasteiger partial charge in [-0.1, -0.05) is 8.93 Å². The van der Waals surface area contributed by atoms with Crippen molar-refractivity contribution in [2.75, 3.05) is 20.3 Å². The summed E-state index contributed by atoms with van der Waals surface area (Å²) in [6.07, 6.45) is 0.432. The van der Waals surface area contributed by atoms with Gasteiger partial charge in [0.2, 0.25) is 0 Å². The molecule has 0 amide bonds. The number of esters is 1. The molecule has 2 heterocycles. The van der Waals surface area contributed by atoms with E-state index in [0.717, 1.165) is 6.29 Å². The van der Waals surface area contributed by atoms with Crippen LogP contribution in [0.15, 0.2) is 0 Å². The highest BCUT2D eigenvalue weighted by molar-refractivity contribution is 8.00. The molecule has 0 saturated carbocycles. The number of carbonyl (C=O) groups excluding carboxylic acids is 2. The van der Waals surface area contributed by atoms with E-state index in [0.29, 0.717) is 19.6 Å². The van der Waals surface area contributed by atoms with Crippen molar-refractivity contribution in [1.29, 1.82) is 0 Å². The fraction of sp³-hybridized carbons (Fsp3) is 0.800. The van der Waals surface area contributed by atoms with E-state index in [2.05, 4.69) is 22.9 Å². The molecule has 20 heavy (non-hydrogen) atoms. The van der Waals surface area contributed by atoms with Crippen LogP contribution in [0.1, 0.15) is 6.42 Å². The van der Waals surface area contributed by atoms with Crippen molar-refractivity contribution in [1.82, 2.24) is 0 Å². The Bertz CT molecular complexity index is 311. The van der Waals surface area contributed by atoms with Crippen LogP contribution in [0.25, 0.3) is 0 Å². The predicted molar refractivity (Wildman–Crippen MR) is 79.4 cm³/mol. The molecule has 0 aromatic carbocycles. The van der Waals surface area contributed by atoms with Gasteiger partial charge in [-0.15, -0.1) is 0 Å². The van der Waals surface area contributed by atoms with Crippen molar-refractivity contribution in [3.63, 3.8) is 0 Å². The first-order valence-electron chi connectivity index (χ1n) is 5.88. The monoisotopic (exact) mass is 344 g/mol. The Kier molecular flexibility index (Phi) is 9.23. The Morgan fingerprint density at radius 3 is 2.90 bits per heavy atom. The fourth-order valence-electron chi connectivity index (χ4n) is 1.90. The predicted octanol–water partition coefficient (Wildman–Crippen LogP) is 0.682. The smallest absolute Gasteiger partial charge is 0.306 e. The number of methoxy groups -OCH3 is 1. The first-order chi connectivity index (χ1) is 9.65. The van der Waals surface area contributed by atoms with Crippen LogP contribution in [0.3, 0.4) is 0 Å². The summed E-state index contributed by atoms with van der Waals surface area (Å²) in [6.45, 7) is 0.782. The van der Waals surface area contributed by atoms with Crippen LogP contribution in [0.4, 0.5) is 0 Å². The summed E-state index contributed by atoms with van der Waals surface area (Å²) < 4.78 is 24.7. The Morgan fingerprint density at radius 1 is 1.60 bits per heavy atom. The molecule has 2 aliphatic rings. The molecule has 0 N–H and O–H groups in total. The normalized spacial score (nSPS) is 29.8. The zero-order valence-corrected chi connectivity index (χ0v) is 14.3. The first kappa shape index (κ1) is 18.3. The zero-order chi connectivity index (χ0) is 15.0. The van der Waals surface area contributed by atoms with Crippen LogP contribution in [-0.2, 0) is 32.8 Å². The summed E-state index contributed by atoms with van der Waals surface area (Å²) in [7, 11) is 6.28. The molecule has 116 valence electrons. The molecule has 2 aliphatic heterocycles. The standard InChI is InChI=1S/C7H10O4.C3H9O3P3/c1-9-7-4-2-6(8)11-5(4)3-10-7;4-1-3(2-5-7)6-9-8/h4-5,7H,2-3H2,1H3;1,3,9H,2,7-8H2/t4-,5-,7-;3-/m10/s1. The second-order valence-electron chi connectivity index (χ2n) is 4.08. The summed E-state index contributed by atoms with van der Waals surface area (Å²) in [4.78, 5) is 20.9. The van der Waals surface area contributed by atoms with Gasteiger partial charge in [-0.3, -0.25) is 4.79 Å². The van der Waals surface area contributed by atoms with Gasteiger partial charge in [0.25, 0.3) is 0 Å². The topological polar surface area (TPSA) is 80.3 Å². The SMILES string of the molecule is CO[C@@H]1OC[C@H]2OC(=O)C[C@@H]12.O=C[C@@H](COP)OPP. The molecule has 3 unspecified atom stereocenters. The molecule has 2 fully saturated rings. The van der Waals surface area contributed by atoms with E-state index in [9.17, 15) is 9.59 Å². The molecular formula is C10H19O7P3. The van der Waals surface area contributed by atoms with Crippen molar-refractivity contribution in [2.45, 2.75) is 24.9 Å². The fourth-order valence-corrected chi connectivity index (χ4v) is 2.91. The maximum atomic E-state index is 10.8. The number of rotatable bonds is 6. The largest absolute Gasteiger partial charge is 0.459 e. The highest BCUT2D eigenvalue weighted by Crippen LogP contribution is 2.33. The molecule has 0 aliphatic carbocycles. The lowest BCUT2D eigenvalue weighted by atomic mass is 10.0. The Labute approximate surface area is 124 Å². The van der Waals surface area contributed by atoms with Crippen LogP contribution in [-0.4, -0.2) is 51.1 Å². The van der Waals surface area contributed by atoms with Crippen LogP contribution in [0.2, 0.25) is 0 Å². The third-order valence-corrected chi connectivity index (χ3v) is 3.84. The Balaban J connectivity index is 0.000000206. The summed E-state index contributed by atoms with van der Waals surface area (Å²) in [5.41, 5.74) is 0. The summed E-state index contributed by atoms with van der Waals surface area (Å²) in [5, 5.41) is 0. The molecule has 2 saturated heterocycles. The maximum absolute atomic E-state index is 10.8. The summed E-state index contributed by atoms with van der Waals surface area (Å²) in [6, 6.07) is 0. The van der Waals surface area contributed by atoms with Crippen molar-refractivity contribution in [3.05, 3.63) is 0 Å². The van der Waals surface area contributed by atoms with Gasteiger partial charge in [0.15, 0.2) is 12.6 Å². The summed E-state index contributed by atoms with van der Waals surface area (Å²) in [5.74, 6) is -0.0159. The lowest BCUT2D eigenvalue weighted by Crippen LogP contribution is -2.20. The van der Waals surface area contributed by atoms with E-state index in [1.807, 2.05) is 0 Å². The lowest BCUT2D eigenvalue weighted by molar-refractivity contribution is -0.146. The average Bonchev–Trinajstić information content (AvgIpc) is 2.97. The van der Waals surface area contributed by atoms with E-state index in [1.165, 1.54) is 0 Å². The van der Waals surface area contributed by atoms with E-state index >= 15 is 0 Å². The second kappa shape index (κ2) is 10.1. The molecular weight excluding hydrogens is 325 g/mol. The average molecular weight is 344 g/mol. The van der Waals surface area contributed by atoms with Gasteiger partial charge >= 0.3 is 5.97 Å². The van der Waals surface area contributed by atoms with Crippen molar-refractivity contribution < 1.29 is 32.8 Å². The van der Waals surface area contributed by atoms with Crippen molar-refractivity contribution in [2.24, 2.45) is 5.92 Å². The molecule has 0 aromatic rings. The quantitative estimate of drug-likeness (QED) is 0.398. The summed E-state index contributed by atoms with van der Waals surface area (Å²) >= 11 is 0. The van der Waals surface area contributed by atoms with Gasteiger partial charge in [0.1, 0.15) is 12.2 Å². The number of hydrogen-bond donors (Lipinski definition) is 0. The van der Waals surface area contributed by atoms with E-state index in [-0.39, 0.29) is 32.8 Å². The first-order valence-corrected chi connectivity index (χ1v) is 9.07.